The lowest BCUT2D eigenvalue weighted by Crippen LogP contribution is -2.48. The first-order valence-electron chi connectivity index (χ1n) is 17.2. The molecule has 0 aromatic heterocycles. The minimum absolute atomic E-state index is 0.0348. The van der Waals surface area contributed by atoms with Gasteiger partial charge in [-0.3, -0.25) is 9.59 Å². The number of nitrogens with zero attached hydrogens (tertiary/aromatic N) is 3. The van der Waals surface area contributed by atoms with E-state index in [9.17, 15) is 26.4 Å². The molecule has 1 atom stereocenters. The van der Waals surface area contributed by atoms with Crippen molar-refractivity contribution in [2.75, 3.05) is 45.5 Å². The smallest absolute Gasteiger partial charge is 0.243 e. The number of nitrogens with one attached hydrogen (secondary N) is 1. The normalized spacial score (nSPS) is 17.8. The highest BCUT2D eigenvalue weighted by Gasteiger charge is 2.33. The summed E-state index contributed by atoms with van der Waals surface area (Å²) in [5.41, 5.74) is 1.84. The molecule has 0 spiro atoms. The maximum Gasteiger partial charge on any atom is 0.243 e. The fraction of sp³-hybridized carbons (Fsp3) is 0.459. The fourth-order valence-corrected chi connectivity index (χ4v) is 9.05. The number of piperidine rings is 2. The Hall–Kier alpha value is -3.58. The van der Waals surface area contributed by atoms with Crippen LogP contribution in [0.5, 0.6) is 0 Å². The van der Waals surface area contributed by atoms with Crippen LogP contribution < -0.4 is 5.32 Å². The summed E-state index contributed by atoms with van der Waals surface area (Å²) in [6.45, 7) is 5.73. The molecule has 2 heterocycles. The molecule has 0 aliphatic carbocycles. The molecule has 3 aromatic rings. The Labute approximate surface area is 291 Å². The lowest BCUT2D eigenvalue weighted by molar-refractivity contribution is -0.133. The van der Waals surface area contributed by atoms with E-state index in [4.69, 9.17) is 0 Å². The number of hydrogen-bond acceptors (Lipinski definition) is 7. The Morgan fingerprint density at radius 3 is 1.96 bits per heavy atom. The molecule has 0 radical (unpaired) electrons. The van der Waals surface area contributed by atoms with Crippen LogP contribution in [0.1, 0.15) is 56.2 Å². The summed E-state index contributed by atoms with van der Waals surface area (Å²) in [6, 6.07) is 24.9. The van der Waals surface area contributed by atoms with Crippen LogP contribution in [0.3, 0.4) is 0 Å². The molecule has 2 amide bonds. The van der Waals surface area contributed by atoms with Crippen LogP contribution in [0, 0.1) is 5.92 Å². The summed E-state index contributed by atoms with van der Waals surface area (Å²) in [4.78, 5) is 31.6. The number of sulfone groups is 1. The summed E-state index contributed by atoms with van der Waals surface area (Å²) >= 11 is 0. The zero-order valence-corrected chi connectivity index (χ0v) is 30.0. The Morgan fingerprint density at radius 1 is 0.796 bits per heavy atom. The van der Waals surface area contributed by atoms with E-state index in [1.807, 2.05) is 42.2 Å². The molecule has 10 nitrogen and oxygen atoms in total. The highest BCUT2D eigenvalue weighted by atomic mass is 32.2. The average Bonchev–Trinajstić information content (AvgIpc) is 3.11. The van der Waals surface area contributed by atoms with Gasteiger partial charge >= 0.3 is 0 Å². The van der Waals surface area contributed by atoms with Gasteiger partial charge in [0.25, 0.3) is 0 Å². The van der Waals surface area contributed by atoms with E-state index in [2.05, 4.69) is 10.2 Å². The van der Waals surface area contributed by atoms with Crippen LogP contribution in [0.25, 0.3) is 0 Å². The van der Waals surface area contributed by atoms with E-state index in [1.54, 1.807) is 54.6 Å². The van der Waals surface area contributed by atoms with Gasteiger partial charge in [0, 0.05) is 57.5 Å². The van der Waals surface area contributed by atoms with Gasteiger partial charge in [-0.25, -0.2) is 16.8 Å². The van der Waals surface area contributed by atoms with E-state index in [0.717, 1.165) is 50.0 Å². The molecule has 2 aliphatic rings. The Kier molecular flexibility index (Phi) is 12.3. The highest BCUT2D eigenvalue weighted by Crippen LogP contribution is 2.26. The van der Waals surface area contributed by atoms with Crippen molar-refractivity contribution in [1.29, 1.82) is 0 Å². The van der Waals surface area contributed by atoms with Crippen LogP contribution in [-0.2, 0) is 35.9 Å². The molecular formula is C37H48N4O6S2. The molecule has 3 aromatic carbocycles. The molecule has 5 rings (SSSR count). The second kappa shape index (κ2) is 16.4. The molecule has 0 unspecified atom stereocenters. The van der Waals surface area contributed by atoms with Crippen molar-refractivity contribution in [2.45, 2.75) is 67.3 Å². The SMILES string of the molecule is CCN(C(=O)Cc1ccc(S(C)(=O)=O)cc1)C1CCN(CC[C@H](NC(=O)C2CCN(S(=O)(=O)c3ccccc3)CC2)c2ccccc2)CC1. The van der Waals surface area contributed by atoms with Gasteiger partial charge in [-0.1, -0.05) is 60.7 Å². The third-order valence-corrected chi connectivity index (χ3v) is 12.9. The van der Waals surface area contributed by atoms with Crippen molar-refractivity contribution in [1.82, 2.24) is 19.4 Å². The van der Waals surface area contributed by atoms with E-state index in [1.165, 1.54) is 10.6 Å². The van der Waals surface area contributed by atoms with Crippen LogP contribution in [-0.4, -0.2) is 94.3 Å². The van der Waals surface area contributed by atoms with Crippen LogP contribution in [0.15, 0.2) is 94.7 Å². The predicted molar refractivity (Wildman–Crippen MR) is 190 cm³/mol. The summed E-state index contributed by atoms with van der Waals surface area (Å²) in [5.74, 6) is -0.241. The minimum Gasteiger partial charge on any atom is -0.349 e. The quantitative estimate of drug-likeness (QED) is 0.281. The minimum atomic E-state index is -3.58. The summed E-state index contributed by atoms with van der Waals surface area (Å²) < 4.78 is 51.2. The molecule has 2 aliphatic heterocycles. The van der Waals surface area contributed by atoms with Crippen molar-refractivity contribution in [3.8, 4) is 0 Å². The number of sulfonamides is 1. The van der Waals surface area contributed by atoms with Gasteiger partial charge in [-0.05, 0) is 74.4 Å². The number of likely N-dealkylation sites (N-methyl/N-ethyl adjacent to an activating group) is 1. The lowest BCUT2D eigenvalue weighted by atomic mass is 9.95. The molecule has 12 heteroatoms. The monoisotopic (exact) mass is 708 g/mol. The number of likely N-dealkylation sites (tertiary alicyclic amines) is 1. The highest BCUT2D eigenvalue weighted by molar-refractivity contribution is 7.90. The molecule has 2 saturated heterocycles. The average molecular weight is 709 g/mol. The summed E-state index contributed by atoms with van der Waals surface area (Å²) in [5, 5.41) is 3.29. The number of carbonyl (C=O) groups excluding carboxylic acids is 2. The van der Waals surface area contributed by atoms with Crippen LogP contribution >= 0.6 is 0 Å². The van der Waals surface area contributed by atoms with E-state index < -0.39 is 19.9 Å². The fourth-order valence-electron chi connectivity index (χ4n) is 6.93. The van der Waals surface area contributed by atoms with Crippen LogP contribution in [0.2, 0.25) is 0 Å². The molecule has 2 fully saturated rings. The standard InChI is InChI=1S/C37H48N4O6S2/c1-3-41(36(42)28-29-14-16-33(17-15-29)48(2,44)45)32-20-23-39(24-21-32)25-22-35(30-10-6-4-7-11-30)38-37(43)31-18-26-40(27-19-31)49(46,47)34-12-8-5-9-13-34/h4-17,31-32,35H,3,18-28H2,1-2H3,(H,38,43)/t35-/m0/s1. The van der Waals surface area contributed by atoms with Crippen molar-refractivity contribution in [3.63, 3.8) is 0 Å². The van der Waals surface area contributed by atoms with Gasteiger partial charge in [0.2, 0.25) is 21.8 Å². The summed E-state index contributed by atoms with van der Waals surface area (Å²) in [6.07, 6.45) is 4.82. The van der Waals surface area contributed by atoms with Crippen molar-refractivity contribution >= 4 is 31.7 Å². The first kappa shape index (κ1) is 36.7. The second-order valence-corrected chi connectivity index (χ2v) is 17.1. The van der Waals surface area contributed by atoms with E-state index in [0.29, 0.717) is 32.5 Å². The van der Waals surface area contributed by atoms with E-state index in [-0.39, 0.29) is 46.0 Å². The van der Waals surface area contributed by atoms with Gasteiger partial charge < -0.3 is 15.1 Å². The van der Waals surface area contributed by atoms with Gasteiger partial charge in [0.15, 0.2) is 9.84 Å². The van der Waals surface area contributed by atoms with Crippen molar-refractivity contribution in [3.05, 3.63) is 96.1 Å². The number of benzene rings is 3. The third kappa shape index (κ3) is 9.56. The van der Waals surface area contributed by atoms with Gasteiger partial charge in [-0.15, -0.1) is 0 Å². The predicted octanol–water partition coefficient (Wildman–Crippen LogP) is 4.29. The first-order chi connectivity index (χ1) is 23.5. The molecular weight excluding hydrogens is 661 g/mol. The number of rotatable bonds is 13. The second-order valence-electron chi connectivity index (χ2n) is 13.1. The number of carbonyl (C=O) groups is 2. The molecule has 0 saturated carbocycles. The first-order valence-corrected chi connectivity index (χ1v) is 20.5. The largest absolute Gasteiger partial charge is 0.349 e. The van der Waals surface area contributed by atoms with Crippen molar-refractivity contribution in [2.24, 2.45) is 5.92 Å². The number of amides is 2. The maximum absolute atomic E-state index is 13.5. The lowest BCUT2D eigenvalue weighted by Gasteiger charge is -2.38. The molecule has 264 valence electrons. The summed E-state index contributed by atoms with van der Waals surface area (Å²) in [7, 11) is -6.86. The maximum atomic E-state index is 13.5. The van der Waals surface area contributed by atoms with E-state index >= 15 is 0 Å². The van der Waals surface area contributed by atoms with Crippen molar-refractivity contribution < 1.29 is 26.4 Å². The van der Waals surface area contributed by atoms with Crippen LogP contribution in [0.4, 0.5) is 0 Å². The topological polar surface area (TPSA) is 124 Å². The molecule has 49 heavy (non-hydrogen) atoms. The van der Waals surface area contributed by atoms with Gasteiger partial charge in [0.05, 0.1) is 22.3 Å². The Balaban J connectivity index is 1.12. The molecule has 0 bridgehead atoms. The Morgan fingerprint density at radius 2 is 1.39 bits per heavy atom. The van der Waals surface area contributed by atoms with Gasteiger partial charge in [0.1, 0.15) is 0 Å². The van der Waals surface area contributed by atoms with Gasteiger partial charge in [-0.2, -0.15) is 4.31 Å². The third-order valence-electron chi connectivity index (χ3n) is 9.82. The molecule has 1 N–H and O–H groups in total. The zero-order chi connectivity index (χ0) is 35.0. The zero-order valence-electron chi connectivity index (χ0n) is 28.4. The Bertz CT molecular complexity index is 1750. The number of hydrogen-bond donors (Lipinski definition) is 1.